The Kier molecular flexibility index (Phi) is 4.68. The second-order valence-electron chi connectivity index (χ2n) is 10.1. The molecule has 0 heterocycles. The van der Waals surface area contributed by atoms with E-state index in [9.17, 15) is 14.4 Å². The molecule has 0 N–H and O–H groups in total. The molecule has 2 saturated carbocycles. The zero-order valence-electron chi connectivity index (χ0n) is 18.7. The van der Waals surface area contributed by atoms with Crippen LogP contribution < -0.4 is 0 Å². The molecule has 4 aliphatic rings. The van der Waals surface area contributed by atoms with E-state index in [0.717, 1.165) is 30.6 Å². The third-order valence-corrected chi connectivity index (χ3v) is 8.74. The molecule has 0 spiro atoms. The number of fused-ring (bicyclic) bond motifs is 5. The number of rotatable bonds is 3. The Labute approximate surface area is 178 Å². The summed E-state index contributed by atoms with van der Waals surface area (Å²) in [6.07, 6.45) is 7.62. The number of hydrogen-bond acceptors (Lipinski definition) is 5. The first-order valence-corrected chi connectivity index (χ1v) is 10.9. The van der Waals surface area contributed by atoms with Crippen LogP contribution in [-0.2, 0) is 23.9 Å². The van der Waals surface area contributed by atoms with E-state index in [1.54, 1.807) is 13.2 Å². The van der Waals surface area contributed by atoms with Crippen LogP contribution in [0.2, 0.25) is 0 Å². The van der Waals surface area contributed by atoms with Crippen LogP contribution in [-0.4, -0.2) is 30.2 Å². The maximum atomic E-state index is 13.0. The first kappa shape index (κ1) is 21.1. The average Bonchev–Trinajstić information content (AvgIpc) is 2.90. The molecular formula is C25H32O5. The number of methoxy groups -OCH3 is 1. The zero-order valence-corrected chi connectivity index (χ0v) is 18.7. The highest BCUT2D eigenvalue weighted by atomic mass is 16.6. The Morgan fingerprint density at radius 1 is 1.17 bits per heavy atom. The molecule has 162 valence electrons. The Morgan fingerprint density at radius 3 is 2.47 bits per heavy atom. The minimum absolute atomic E-state index is 0.119. The lowest BCUT2D eigenvalue weighted by Gasteiger charge is -2.57. The molecule has 5 heteroatoms. The van der Waals surface area contributed by atoms with Crippen LogP contribution in [0.3, 0.4) is 0 Å². The summed E-state index contributed by atoms with van der Waals surface area (Å²) in [5.41, 5.74) is -0.198. The average molecular weight is 413 g/mol. The number of ether oxygens (including phenoxy) is 2. The topological polar surface area (TPSA) is 69.7 Å². The summed E-state index contributed by atoms with van der Waals surface area (Å²) in [5.74, 6) is 0.971. The van der Waals surface area contributed by atoms with Crippen LogP contribution in [0, 0.1) is 28.6 Å². The predicted octanol–water partition coefficient (Wildman–Crippen LogP) is 4.33. The third-order valence-electron chi connectivity index (χ3n) is 8.74. The fourth-order valence-corrected chi connectivity index (χ4v) is 7.35. The number of carbonyl (C=O) groups is 3. The molecule has 6 atom stereocenters. The summed E-state index contributed by atoms with van der Waals surface area (Å²) in [7, 11) is 1.65. The van der Waals surface area contributed by atoms with E-state index in [-0.39, 0.29) is 28.8 Å². The molecule has 0 saturated heterocycles. The van der Waals surface area contributed by atoms with Crippen LogP contribution >= 0.6 is 0 Å². The fraction of sp³-hybridized carbons (Fsp3) is 0.640. The largest absolute Gasteiger partial charge is 0.497 e. The summed E-state index contributed by atoms with van der Waals surface area (Å²) in [5, 5.41) is 0. The van der Waals surface area contributed by atoms with Crippen molar-refractivity contribution in [2.24, 2.45) is 28.6 Å². The van der Waals surface area contributed by atoms with Crippen LogP contribution in [0.4, 0.5) is 0 Å². The Hall–Kier alpha value is -2.17. The molecule has 0 aromatic rings. The molecule has 30 heavy (non-hydrogen) atoms. The summed E-state index contributed by atoms with van der Waals surface area (Å²) < 4.78 is 11.6. The molecule has 0 amide bonds. The van der Waals surface area contributed by atoms with E-state index in [2.05, 4.69) is 26.5 Å². The second kappa shape index (κ2) is 6.66. The zero-order chi connectivity index (χ0) is 22.1. The number of Topliss-reactive ketones (excluding diaryl/α,β-unsaturated/α-hetero) is 1. The standard InChI is InChI=1S/C25H32O5/c1-14-11-20-18-13-22(29-6)21-12-17(28)7-9-23(21,4)19(18)8-10-24(20,5)25(14,15(2)26)30-16(3)27/h12-13,18-20H,1,7-11H2,2-6H3/t18-,19+,20+,23-,24+,25+/m0/s1. The summed E-state index contributed by atoms with van der Waals surface area (Å²) in [4.78, 5) is 37.2. The van der Waals surface area contributed by atoms with Gasteiger partial charge in [0, 0.05) is 29.7 Å². The first-order valence-electron chi connectivity index (χ1n) is 10.9. The first-order chi connectivity index (χ1) is 14.0. The molecule has 0 radical (unpaired) electrons. The van der Waals surface area contributed by atoms with Gasteiger partial charge in [-0.2, -0.15) is 0 Å². The van der Waals surface area contributed by atoms with Gasteiger partial charge in [0.05, 0.1) is 7.11 Å². The van der Waals surface area contributed by atoms with Gasteiger partial charge in [-0.05, 0) is 68.1 Å². The second-order valence-corrected chi connectivity index (χ2v) is 10.1. The van der Waals surface area contributed by atoms with Gasteiger partial charge in [-0.3, -0.25) is 14.4 Å². The van der Waals surface area contributed by atoms with E-state index < -0.39 is 17.0 Å². The molecule has 2 fully saturated rings. The number of esters is 1. The number of ketones is 2. The van der Waals surface area contributed by atoms with Crippen LogP contribution in [0.25, 0.3) is 0 Å². The summed E-state index contributed by atoms with van der Waals surface area (Å²) in [6, 6.07) is 0. The molecule has 0 bridgehead atoms. The number of hydrogen-bond donors (Lipinski definition) is 0. The van der Waals surface area contributed by atoms with E-state index in [1.807, 2.05) is 0 Å². The fourth-order valence-electron chi connectivity index (χ4n) is 7.35. The Balaban J connectivity index is 1.86. The molecule has 0 aliphatic heterocycles. The minimum Gasteiger partial charge on any atom is -0.497 e. The van der Waals surface area contributed by atoms with Crippen molar-refractivity contribution in [3.63, 3.8) is 0 Å². The third kappa shape index (κ3) is 2.50. The lowest BCUT2D eigenvalue weighted by molar-refractivity contribution is -0.179. The van der Waals surface area contributed by atoms with Gasteiger partial charge in [-0.1, -0.05) is 20.4 Å². The van der Waals surface area contributed by atoms with Gasteiger partial charge < -0.3 is 9.47 Å². The molecule has 0 aromatic carbocycles. The van der Waals surface area contributed by atoms with E-state index in [4.69, 9.17) is 9.47 Å². The highest BCUT2D eigenvalue weighted by molar-refractivity contribution is 5.93. The lowest BCUT2D eigenvalue weighted by Crippen LogP contribution is -2.58. The quantitative estimate of drug-likeness (QED) is 0.510. The van der Waals surface area contributed by atoms with Crippen molar-refractivity contribution < 1.29 is 23.9 Å². The Bertz CT molecular complexity index is 910. The van der Waals surface area contributed by atoms with Gasteiger partial charge in [-0.15, -0.1) is 0 Å². The van der Waals surface area contributed by atoms with Crippen LogP contribution in [0.1, 0.15) is 59.8 Å². The lowest BCUT2D eigenvalue weighted by atomic mass is 9.47. The molecule has 0 unspecified atom stereocenters. The van der Waals surface area contributed by atoms with Crippen molar-refractivity contribution in [2.75, 3.05) is 7.11 Å². The van der Waals surface area contributed by atoms with Gasteiger partial charge in [-0.25, -0.2) is 0 Å². The van der Waals surface area contributed by atoms with E-state index in [1.165, 1.54) is 13.8 Å². The van der Waals surface area contributed by atoms with Crippen molar-refractivity contribution in [2.45, 2.75) is 65.4 Å². The van der Waals surface area contributed by atoms with Crippen LogP contribution in [0.15, 0.2) is 35.6 Å². The van der Waals surface area contributed by atoms with Crippen molar-refractivity contribution in [1.29, 1.82) is 0 Å². The SMILES string of the molecule is C=C1C[C@@H]2[C@H]3C=C(OC)C4=CC(=O)CC[C@@]4(C)[C@@H]3CC[C@@]2(C)[C@]1(OC(C)=O)C(C)=O. The highest BCUT2D eigenvalue weighted by Crippen LogP contribution is 2.68. The molecule has 0 aromatic heterocycles. The van der Waals surface area contributed by atoms with Gasteiger partial charge in [0.25, 0.3) is 0 Å². The van der Waals surface area contributed by atoms with Crippen LogP contribution in [0.5, 0.6) is 0 Å². The number of carbonyl (C=O) groups excluding carboxylic acids is 3. The minimum atomic E-state index is -1.27. The molecular weight excluding hydrogens is 380 g/mol. The molecule has 4 rings (SSSR count). The van der Waals surface area contributed by atoms with Gasteiger partial charge >= 0.3 is 5.97 Å². The van der Waals surface area contributed by atoms with Crippen molar-refractivity contribution in [3.8, 4) is 0 Å². The van der Waals surface area contributed by atoms with Gasteiger partial charge in [0.2, 0.25) is 0 Å². The van der Waals surface area contributed by atoms with Gasteiger partial charge in [0.15, 0.2) is 17.2 Å². The Morgan fingerprint density at radius 2 is 1.87 bits per heavy atom. The van der Waals surface area contributed by atoms with E-state index >= 15 is 0 Å². The highest BCUT2D eigenvalue weighted by Gasteiger charge is 2.69. The van der Waals surface area contributed by atoms with E-state index in [0.29, 0.717) is 24.3 Å². The maximum Gasteiger partial charge on any atom is 0.303 e. The maximum absolute atomic E-state index is 13.0. The van der Waals surface area contributed by atoms with Gasteiger partial charge in [0.1, 0.15) is 5.76 Å². The summed E-state index contributed by atoms with van der Waals surface area (Å²) in [6.45, 7) is 11.5. The van der Waals surface area contributed by atoms with Crippen molar-refractivity contribution in [3.05, 3.63) is 35.6 Å². The smallest absolute Gasteiger partial charge is 0.303 e. The normalized spacial score (nSPS) is 42.4. The number of allylic oxidation sites excluding steroid dienone is 3. The van der Waals surface area contributed by atoms with Crippen molar-refractivity contribution in [1.82, 2.24) is 0 Å². The molecule has 4 aliphatic carbocycles. The van der Waals surface area contributed by atoms with Crippen molar-refractivity contribution >= 4 is 17.5 Å². The molecule has 5 nitrogen and oxygen atoms in total. The monoisotopic (exact) mass is 412 g/mol. The predicted molar refractivity (Wildman–Crippen MR) is 112 cm³/mol. The summed E-state index contributed by atoms with van der Waals surface area (Å²) >= 11 is 0.